The zero-order valence-corrected chi connectivity index (χ0v) is 16.9. The van der Waals surface area contributed by atoms with Crippen LogP contribution in [-0.4, -0.2) is 49.1 Å². The maximum atomic E-state index is 12.3. The van der Waals surface area contributed by atoms with Gasteiger partial charge in [0.15, 0.2) is 5.65 Å². The molecule has 1 unspecified atom stereocenters. The molecule has 6 N–H and O–H groups in total. The van der Waals surface area contributed by atoms with E-state index in [1.165, 1.54) is 0 Å². The van der Waals surface area contributed by atoms with Gasteiger partial charge in [0.2, 0.25) is 5.95 Å². The van der Waals surface area contributed by atoms with E-state index in [1.54, 1.807) is 36.5 Å². The van der Waals surface area contributed by atoms with Crippen molar-refractivity contribution in [3.05, 3.63) is 63.6 Å². The fraction of sp³-hybridized carbons (Fsp3) is 0.238. The number of carboxylic acid groups (broad SMARTS) is 2. The molecule has 0 spiro atoms. The van der Waals surface area contributed by atoms with Crippen LogP contribution >= 0.6 is 0 Å². The van der Waals surface area contributed by atoms with Gasteiger partial charge in [-0.3, -0.25) is 19.4 Å². The van der Waals surface area contributed by atoms with Crippen LogP contribution in [0, 0.1) is 0 Å². The third-order valence-electron chi connectivity index (χ3n) is 4.86. The number of aromatic nitrogens is 3. The number of hydrogen-bond donors (Lipinski definition) is 5. The zero-order valence-electron chi connectivity index (χ0n) is 16.9. The second-order valence-electron chi connectivity index (χ2n) is 7.11. The van der Waals surface area contributed by atoms with Crippen LogP contribution in [0.1, 0.15) is 34.3 Å². The Balaban J connectivity index is 1.67. The molecule has 0 radical (unpaired) electrons. The van der Waals surface area contributed by atoms with E-state index in [0.717, 1.165) is 11.1 Å². The number of carbonyl (C=O) groups is 3. The van der Waals surface area contributed by atoms with Gasteiger partial charge in [-0.15, -0.1) is 0 Å². The van der Waals surface area contributed by atoms with Gasteiger partial charge in [-0.2, -0.15) is 4.98 Å². The summed E-state index contributed by atoms with van der Waals surface area (Å²) < 4.78 is 0. The second kappa shape index (κ2) is 9.69. The number of carboxylic acids is 2. The Kier molecular flexibility index (Phi) is 6.78. The lowest BCUT2D eigenvalue weighted by Gasteiger charge is -2.13. The average molecular weight is 439 g/mol. The molecule has 11 nitrogen and oxygen atoms in total. The topological polar surface area (TPSA) is 188 Å². The molecule has 0 fully saturated rings. The number of nitrogens with one attached hydrogen (secondary N) is 2. The molecule has 0 saturated carbocycles. The maximum Gasteiger partial charge on any atom is 0.326 e. The van der Waals surface area contributed by atoms with Gasteiger partial charge in [0.1, 0.15) is 6.04 Å². The molecule has 0 aliphatic carbocycles. The van der Waals surface area contributed by atoms with Crippen molar-refractivity contribution in [2.45, 2.75) is 31.7 Å². The van der Waals surface area contributed by atoms with Gasteiger partial charge in [0, 0.05) is 18.2 Å². The molecule has 2 aromatic heterocycles. The molecule has 1 atom stereocenters. The molecule has 11 heteroatoms. The first-order valence-corrected chi connectivity index (χ1v) is 9.72. The van der Waals surface area contributed by atoms with E-state index in [-0.39, 0.29) is 35.6 Å². The number of pyridine rings is 1. The minimum Gasteiger partial charge on any atom is -0.481 e. The van der Waals surface area contributed by atoms with E-state index in [1.807, 2.05) is 0 Å². The number of nitrogen functional groups attached to an aromatic ring is 1. The summed E-state index contributed by atoms with van der Waals surface area (Å²) in [4.78, 5) is 57.0. The molecule has 2 heterocycles. The van der Waals surface area contributed by atoms with E-state index in [9.17, 15) is 19.2 Å². The van der Waals surface area contributed by atoms with Gasteiger partial charge >= 0.3 is 11.9 Å². The number of aryl methyl sites for hydroxylation is 2. The molecule has 0 saturated heterocycles. The van der Waals surface area contributed by atoms with Crippen molar-refractivity contribution in [2.24, 2.45) is 0 Å². The van der Waals surface area contributed by atoms with Crippen molar-refractivity contribution in [3.63, 3.8) is 0 Å². The number of hydrogen-bond acceptors (Lipinski definition) is 7. The van der Waals surface area contributed by atoms with Crippen LogP contribution in [0.15, 0.2) is 41.3 Å². The number of carbonyl (C=O) groups excluding carboxylic acids is 1. The van der Waals surface area contributed by atoms with Crippen molar-refractivity contribution < 1.29 is 24.6 Å². The molecular weight excluding hydrogens is 418 g/mol. The maximum absolute atomic E-state index is 12.3. The Labute approximate surface area is 181 Å². The number of rotatable bonds is 9. The first-order chi connectivity index (χ1) is 15.2. The Bertz CT molecular complexity index is 1220. The van der Waals surface area contributed by atoms with Crippen LogP contribution < -0.4 is 16.6 Å². The summed E-state index contributed by atoms with van der Waals surface area (Å²) in [6.07, 6.45) is 2.07. The molecule has 0 bridgehead atoms. The fourth-order valence-corrected chi connectivity index (χ4v) is 3.22. The minimum atomic E-state index is -1.30. The van der Waals surface area contributed by atoms with Crippen LogP contribution in [0.4, 0.5) is 5.95 Å². The van der Waals surface area contributed by atoms with Gasteiger partial charge in [0.05, 0.1) is 5.39 Å². The van der Waals surface area contributed by atoms with Gasteiger partial charge in [0.25, 0.3) is 11.5 Å². The fourth-order valence-electron chi connectivity index (χ4n) is 3.22. The molecule has 0 aliphatic heterocycles. The van der Waals surface area contributed by atoms with Gasteiger partial charge in [-0.05, 0) is 48.6 Å². The van der Waals surface area contributed by atoms with Gasteiger partial charge in [-0.25, -0.2) is 9.78 Å². The number of nitrogens with two attached hydrogens (primary N) is 1. The highest BCUT2D eigenvalue weighted by Crippen LogP contribution is 2.15. The quantitative estimate of drug-likeness (QED) is 0.320. The number of H-pyrrole nitrogens is 1. The summed E-state index contributed by atoms with van der Waals surface area (Å²) in [5.41, 5.74) is 7.37. The van der Waals surface area contributed by atoms with Gasteiger partial charge in [-0.1, -0.05) is 12.1 Å². The van der Waals surface area contributed by atoms with Crippen molar-refractivity contribution in [1.82, 2.24) is 20.3 Å². The van der Waals surface area contributed by atoms with E-state index in [4.69, 9.17) is 15.9 Å². The number of nitrogens with zero attached hydrogens (tertiary/aromatic N) is 2. The summed E-state index contributed by atoms with van der Waals surface area (Å²) in [5.74, 6) is -3.05. The molecule has 1 aromatic carbocycles. The van der Waals surface area contributed by atoms with Crippen molar-refractivity contribution >= 4 is 34.8 Å². The lowest BCUT2D eigenvalue weighted by Crippen LogP contribution is -2.41. The Morgan fingerprint density at radius 3 is 2.47 bits per heavy atom. The van der Waals surface area contributed by atoms with Crippen LogP contribution in [0.2, 0.25) is 0 Å². The summed E-state index contributed by atoms with van der Waals surface area (Å²) >= 11 is 0. The first-order valence-electron chi connectivity index (χ1n) is 9.72. The summed E-state index contributed by atoms with van der Waals surface area (Å²) in [7, 11) is 0. The Morgan fingerprint density at radius 2 is 1.81 bits per heavy atom. The van der Waals surface area contributed by atoms with Crippen LogP contribution in [0.3, 0.4) is 0 Å². The van der Waals surface area contributed by atoms with Crippen molar-refractivity contribution in [2.75, 3.05) is 5.73 Å². The van der Waals surface area contributed by atoms with Crippen molar-refractivity contribution in [3.8, 4) is 0 Å². The third-order valence-corrected chi connectivity index (χ3v) is 4.86. The predicted octanol–water partition coefficient (Wildman–Crippen LogP) is 0.733. The van der Waals surface area contributed by atoms with E-state index >= 15 is 0 Å². The van der Waals surface area contributed by atoms with Crippen LogP contribution in [-0.2, 0) is 22.4 Å². The first kappa shape index (κ1) is 22.4. The summed E-state index contributed by atoms with van der Waals surface area (Å²) in [6.45, 7) is 0. The third kappa shape index (κ3) is 5.45. The molecule has 3 aromatic rings. The lowest BCUT2D eigenvalue weighted by molar-refractivity contribution is -0.140. The molecule has 32 heavy (non-hydrogen) atoms. The predicted molar refractivity (Wildman–Crippen MR) is 114 cm³/mol. The van der Waals surface area contributed by atoms with E-state index in [2.05, 4.69) is 20.3 Å². The van der Waals surface area contributed by atoms with Crippen LogP contribution in [0.5, 0.6) is 0 Å². The average Bonchev–Trinajstić information content (AvgIpc) is 2.74. The summed E-state index contributed by atoms with van der Waals surface area (Å²) in [5, 5.41) is 20.6. The monoisotopic (exact) mass is 439 g/mol. The minimum absolute atomic E-state index is 0.00545. The standard InChI is InChI=1S/C21H21N5O6/c22-21-25-17-16(19(30)26-21)12(9-10-23-17)4-1-11-2-5-13(6-3-11)18(29)24-14(20(31)32)7-8-15(27)28/h2-3,5-6,9-10,14H,1,4,7-8H2,(H,24,29)(H,27,28)(H,31,32)(H3,22,23,25,26,30). The van der Waals surface area contributed by atoms with Crippen LogP contribution in [0.25, 0.3) is 11.0 Å². The Morgan fingerprint density at radius 1 is 1.09 bits per heavy atom. The normalized spacial score (nSPS) is 11.8. The second-order valence-corrected chi connectivity index (χ2v) is 7.11. The number of fused-ring (bicyclic) bond motifs is 1. The molecule has 3 rings (SSSR count). The summed E-state index contributed by atoms with van der Waals surface area (Å²) in [6, 6.07) is 7.01. The van der Waals surface area contributed by atoms with Crippen molar-refractivity contribution in [1.29, 1.82) is 0 Å². The van der Waals surface area contributed by atoms with Gasteiger partial charge < -0.3 is 21.3 Å². The number of anilines is 1. The lowest BCUT2D eigenvalue weighted by atomic mass is 10.0. The smallest absolute Gasteiger partial charge is 0.326 e. The van der Waals surface area contributed by atoms with E-state index in [0.29, 0.717) is 18.2 Å². The molecule has 1 amide bonds. The number of aliphatic carboxylic acids is 2. The largest absolute Gasteiger partial charge is 0.481 e. The molecular formula is C21H21N5O6. The highest BCUT2D eigenvalue weighted by molar-refractivity contribution is 5.96. The zero-order chi connectivity index (χ0) is 23.3. The highest BCUT2D eigenvalue weighted by Gasteiger charge is 2.21. The Hall–Kier alpha value is -4.28. The molecule has 166 valence electrons. The number of benzene rings is 1. The highest BCUT2D eigenvalue weighted by atomic mass is 16.4. The number of aromatic amines is 1. The molecule has 0 aliphatic rings. The number of amides is 1. The SMILES string of the molecule is Nc1nc2nccc(CCc3ccc(C(=O)NC(CCC(=O)O)C(=O)O)cc3)c2c(=O)[nH]1. The van der Waals surface area contributed by atoms with E-state index < -0.39 is 23.9 Å².